The molecule has 0 aliphatic heterocycles. The van der Waals surface area contributed by atoms with Crippen LogP contribution < -0.4 is 0 Å². The van der Waals surface area contributed by atoms with Crippen LogP contribution in [0.1, 0.15) is 17.4 Å². The third-order valence-corrected chi connectivity index (χ3v) is 3.45. The normalized spacial score (nSPS) is 12.3. The molecule has 0 saturated carbocycles. The number of nitrogens with zero attached hydrogens (tertiary/aromatic N) is 2. The fraction of sp³-hybridized carbons (Fsp3) is 0.118. The number of hydrogen-bond acceptors (Lipinski definition) is 2. The second-order valence-corrected chi connectivity index (χ2v) is 4.74. The van der Waals surface area contributed by atoms with Crippen LogP contribution in [0.25, 0.3) is 11.4 Å². The highest BCUT2D eigenvalue weighted by Crippen LogP contribution is 2.25. The Morgan fingerprint density at radius 3 is 2.20 bits per heavy atom. The minimum absolute atomic E-state index is 0.661. The summed E-state index contributed by atoms with van der Waals surface area (Å²) >= 11 is 0. The number of aromatic nitrogens is 2. The summed E-state index contributed by atoms with van der Waals surface area (Å²) in [7, 11) is 1.93. The molecule has 0 saturated heterocycles. The highest BCUT2D eigenvalue weighted by molar-refractivity contribution is 5.56. The largest absolute Gasteiger partial charge is 0.382 e. The molecule has 0 aliphatic rings. The Balaban J connectivity index is 1.99. The van der Waals surface area contributed by atoms with E-state index in [2.05, 4.69) is 4.98 Å². The molecule has 0 aliphatic carbocycles. The number of imidazole rings is 1. The molecule has 3 rings (SSSR count). The zero-order chi connectivity index (χ0) is 13.9. The van der Waals surface area contributed by atoms with Gasteiger partial charge in [-0.25, -0.2) is 4.98 Å². The van der Waals surface area contributed by atoms with Crippen LogP contribution >= 0.6 is 0 Å². The van der Waals surface area contributed by atoms with Gasteiger partial charge in [0, 0.05) is 12.6 Å². The molecule has 1 heterocycles. The van der Waals surface area contributed by atoms with Crippen molar-refractivity contribution in [3.63, 3.8) is 0 Å². The summed E-state index contributed by atoms with van der Waals surface area (Å²) in [5.74, 6) is 0.857. The van der Waals surface area contributed by atoms with E-state index >= 15 is 0 Å². The van der Waals surface area contributed by atoms with E-state index in [1.807, 2.05) is 72.3 Å². The molecule has 1 aromatic heterocycles. The van der Waals surface area contributed by atoms with E-state index in [4.69, 9.17) is 0 Å². The number of rotatable bonds is 3. The predicted octanol–water partition coefficient (Wildman–Crippen LogP) is 3.17. The topological polar surface area (TPSA) is 38.0 Å². The molecule has 20 heavy (non-hydrogen) atoms. The van der Waals surface area contributed by atoms with E-state index in [0.29, 0.717) is 0 Å². The summed E-state index contributed by atoms with van der Waals surface area (Å²) in [5, 5.41) is 10.5. The third kappa shape index (κ3) is 2.24. The van der Waals surface area contributed by atoms with Gasteiger partial charge in [-0.05, 0) is 5.56 Å². The van der Waals surface area contributed by atoms with Gasteiger partial charge in [-0.15, -0.1) is 0 Å². The van der Waals surface area contributed by atoms with Crippen molar-refractivity contribution in [1.29, 1.82) is 0 Å². The lowest BCUT2D eigenvalue weighted by molar-refractivity contribution is 0.211. The van der Waals surface area contributed by atoms with Gasteiger partial charge in [0.25, 0.3) is 0 Å². The van der Waals surface area contributed by atoms with Gasteiger partial charge in [0.05, 0.1) is 11.9 Å². The first-order valence-electron chi connectivity index (χ1n) is 6.57. The van der Waals surface area contributed by atoms with Gasteiger partial charge in [-0.3, -0.25) is 0 Å². The van der Waals surface area contributed by atoms with Gasteiger partial charge in [-0.1, -0.05) is 60.7 Å². The molecule has 0 fully saturated rings. The van der Waals surface area contributed by atoms with Crippen molar-refractivity contribution in [3.8, 4) is 11.4 Å². The van der Waals surface area contributed by atoms with Gasteiger partial charge < -0.3 is 9.67 Å². The lowest BCUT2D eigenvalue weighted by Gasteiger charge is -2.12. The lowest BCUT2D eigenvalue weighted by Crippen LogP contribution is -2.06. The maximum absolute atomic E-state index is 10.5. The zero-order valence-corrected chi connectivity index (χ0v) is 11.3. The van der Waals surface area contributed by atoms with Crippen molar-refractivity contribution < 1.29 is 5.11 Å². The summed E-state index contributed by atoms with van der Waals surface area (Å²) in [6.07, 6.45) is 1.08. The molecule has 100 valence electrons. The van der Waals surface area contributed by atoms with Crippen LogP contribution in [0.5, 0.6) is 0 Å². The van der Waals surface area contributed by atoms with Crippen molar-refractivity contribution >= 4 is 0 Å². The van der Waals surface area contributed by atoms with Gasteiger partial charge in [0.2, 0.25) is 0 Å². The summed E-state index contributed by atoms with van der Waals surface area (Å²) < 4.78 is 1.94. The van der Waals surface area contributed by atoms with Crippen molar-refractivity contribution in [2.75, 3.05) is 0 Å². The Hall–Kier alpha value is -2.39. The maximum atomic E-state index is 10.5. The van der Waals surface area contributed by atoms with Crippen LogP contribution in [-0.4, -0.2) is 14.7 Å². The highest BCUT2D eigenvalue weighted by atomic mass is 16.3. The first kappa shape index (κ1) is 12.6. The first-order chi connectivity index (χ1) is 9.77. The smallest absolute Gasteiger partial charge is 0.139 e. The summed E-state index contributed by atoms with van der Waals surface area (Å²) in [6, 6.07) is 19.6. The quantitative estimate of drug-likeness (QED) is 0.789. The van der Waals surface area contributed by atoms with Gasteiger partial charge >= 0.3 is 0 Å². The van der Waals surface area contributed by atoms with Crippen molar-refractivity contribution in [3.05, 3.63) is 78.1 Å². The monoisotopic (exact) mass is 264 g/mol. The second-order valence-electron chi connectivity index (χ2n) is 4.74. The number of aliphatic hydroxyl groups is 1. The molecular weight excluding hydrogens is 248 g/mol. The van der Waals surface area contributed by atoms with Crippen molar-refractivity contribution in [2.45, 2.75) is 6.10 Å². The Morgan fingerprint density at radius 2 is 1.55 bits per heavy atom. The fourth-order valence-electron chi connectivity index (χ4n) is 2.34. The highest BCUT2D eigenvalue weighted by Gasteiger charge is 2.16. The Morgan fingerprint density at radius 1 is 0.950 bits per heavy atom. The van der Waals surface area contributed by atoms with E-state index in [0.717, 1.165) is 22.6 Å². The molecule has 0 spiro atoms. The maximum Gasteiger partial charge on any atom is 0.139 e. The van der Waals surface area contributed by atoms with Crippen molar-refractivity contribution in [1.82, 2.24) is 9.55 Å². The van der Waals surface area contributed by atoms with Crippen LogP contribution in [0.4, 0.5) is 0 Å². The van der Waals surface area contributed by atoms with Gasteiger partial charge in [-0.2, -0.15) is 0 Å². The standard InChI is InChI=1S/C17H16N2O/c1-19-15(16(20)13-8-4-2-5-9-13)12-18-17(19)14-10-6-3-7-11-14/h2-12,16,20H,1H3. The zero-order valence-electron chi connectivity index (χ0n) is 11.3. The minimum atomic E-state index is -0.661. The van der Waals surface area contributed by atoms with Crippen molar-refractivity contribution in [2.24, 2.45) is 7.05 Å². The second kappa shape index (κ2) is 5.31. The predicted molar refractivity (Wildman–Crippen MR) is 79.1 cm³/mol. The van der Waals surface area contributed by atoms with E-state index in [1.165, 1.54) is 0 Å². The SMILES string of the molecule is Cn1c(C(O)c2ccccc2)cnc1-c1ccccc1. The molecule has 3 heteroatoms. The number of aliphatic hydroxyl groups excluding tert-OH is 1. The molecule has 2 aromatic carbocycles. The van der Waals surface area contributed by atoms with E-state index in [1.54, 1.807) is 6.20 Å². The average molecular weight is 264 g/mol. The van der Waals surface area contributed by atoms with Crippen LogP contribution in [-0.2, 0) is 7.05 Å². The number of hydrogen-bond donors (Lipinski definition) is 1. The lowest BCUT2D eigenvalue weighted by atomic mass is 10.1. The first-order valence-corrected chi connectivity index (χ1v) is 6.57. The van der Waals surface area contributed by atoms with Crippen LogP contribution in [0, 0.1) is 0 Å². The fourth-order valence-corrected chi connectivity index (χ4v) is 2.34. The molecule has 0 amide bonds. The molecule has 0 bridgehead atoms. The van der Waals surface area contributed by atoms with Gasteiger partial charge in [0.15, 0.2) is 0 Å². The molecular formula is C17H16N2O. The molecule has 1 N–H and O–H groups in total. The van der Waals surface area contributed by atoms with E-state index < -0.39 is 6.10 Å². The van der Waals surface area contributed by atoms with Crippen LogP contribution in [0.15, 0.2) is 66.9 Å². The Labute approximate surface area is 118 Å². The van der Waals surface area contributed by atoms with Crippen LogP contribution in [0.2, 0.25) is 0 Å². The Kier molecular flexibility index (Phi) is 3.35. The average Bonchev–Trinajstić information content (AvgIpc) is 2.90. The van der Waals surface area contributed by atoms with Gasteiger partial charge in [0.1, 0.15) is 11.9 Å². The summed E-state index contributed by atoms with van der Waals surface area (Å²) in [6.45, 7) is 0. The van der Waals surface area contributed by atoms with Crippen LogP contribution in [0.3, 0.4) is 0 Å². The summed E-state index contributed by atoms with van der Waals surface area (Å²) in [5.41, 5.74) is 2.70. The summed E-state index contributed by atoms with van der Waals surface area (Å²) in [4.78, 5) is 4.44. The third-order valence-electron chi connectivity index (χ3n) is 3.45. The minimum Gasteiger partial charge on any atom is -0.382 e. The number of benzene rings is 2. The molecule has 1 unspecified atom stereocenters. The Bertz CT molecular complexity index is 690. The van der Waals surface area contributed by atoms with E-state index in [-0.39, 0.29) is 0 Å². The molecule has 0 radical (unpaired) electrons. The molecule has 3 nitrogen and oxygen atoms in total. The molecule has 3 aromatic rings. The van der Waals surface area contributed by atoms with E-state index in [9.17, 15) is 5.11 Å². The molecule has 1 atom stereocenters.